The largest absolute Gasteiger partial charge is 0.397 e. The first-order valence-corrected chi connectivity index (χ1v) is 9.17. The van der Waals surface area contributed by atoms with Crippen molar-refractivity contribution in [2.75, 3.05) is 11.1 Å². The van der Waals surface area contributed by atoms with Crippen LogP contribution in [0.2, 0.25) is 0 Å². The summed E-state index contributed by atoms with van der Waals surface area (Å²) < 4.78 is 29.2. The van der Waals surface area contributed by atoms with Gasteiger partial charge in [0.15, 0.2) is 5.82 Å². The van der Waals surface area contributed by atoms with Crippen LogP contribution < -0.4 is 11.1 Å². The molecule has 0 atom stereocenters. The zero-order chi connectivity index (χ0) is 19.6. The molecule has 3 aromatic rings. The predicted octanol–water partition coefficient (Wildman–Crippen LogP) is 4.08. The smallest absolute Gasteiger partial charge is 0.235 e. The van der Waals surface area contributed by atoms with Crippen molar-refractivity contribution in [1.82, 2.24) is 9.78 Å². The van der Waals surface area contributed by atoms with Gasteiger partial charge in [0, 0.05) is 11.6 Å². The Morgan fingerprint density at radius 3 is 2.64 bits per heavy atom. The van der Waals surface area contributed by atoms with E-state index in [-0.39, 0.29) is 11.6 Å². The quantitative estimate of drug-likeness (QED) is 0.658. The van der Waals surface area contributed by atoms with Crippen molar-refractivity contribution in [2.24, 2.45) is 0 Å². The number of carbonyl (C=O) groups excluding carboxylic acids is 1. The minimum atomic E-state index is -0.703. The fraction of sp³-hybridized carbons (Fsp3) is 0.238. The Bertz CT molecular complexity index is 1150. The number of nitrogens with zero attached hydrogens (tertiary/aromatic N) is 2. The number of amides is 1. The summed E-state index contributed by atoms with van der Waals surface area (Å²) >= 11 is 0. The first kappa shape index (κ1) is 16.9. The number of nitrogen functional groups attached to an aromatic ring is 1. The average Bonchev–Trinajstić information content (AvgIpc) is 3.12. The lowest BCUT2D eigenvalue weighted by atomic mass is 9.65. The Hall–Kier alpha value is -3.22. The van der Waals surface area contributed by atoms with Crippen LogP contribution in [-0.4, -0.2) is 15.7 Å². The molecular formula is C21H18F2N4O. The molecule has 7 heteroatoms. The molecule has 2 aliphatic rings. The molecular weight excluding hydrogens is 362 g/mol. The number of nitrogens with one attached hydrogen (secondary N) is 1. The average molecular weight is 380 g/mol. The van der Waals surface area contributed by atoms with E-state index in [0.29, 0.717) is 22.8 Å². The van der Waals surface area contributed by atoms with Crippen molar-refractivity contribution in [3.63, 3.8) is 0 Å². The molecule has 0 saturated heterocycles. The van der Waals surface area contributed by atoms with Gasteiger partial charge in [-0.05, 0) is 55.7 Å². The number of rotatable bonds is 2. The van der Waals surface area contributed by atoms with Gasteiger partial charge in [-0.2, -0.15) is 5.10 Å². The highest BCUT2D eigenvalue weighted by Gasteiger charge is 2.51. The molecule has 2 heterocycles. The number of carbonyl (C=O) groups is 1. The van der Waals surface area contributed by atoms with Crippen LogP contribution in [0, 0.1) is 18.6 Å². The van der Waals surface area contributed by atoms with E-state index in [1.807, 2.05) is 12.1 Å². The van der Waals surface area contributed by atoms with E-state index in [1.54, 1.807) is 13.0 Å². The van der Waals surface area contributed by atoms with Crippen molar-refractivity contribution < 1.29 is 13.6 Å². The van der Waals surface area contributed by atoms with E-state index in [2.05, 4.69) is 10.4 Å². The molecule has 0 unspecified atom stereocenters. The van der Waals surface area contributed by atoms with E-state index in [9.17, 15) is 13.6 Å². The molecule has 5 nitrogen and oxygen atoms in total. The van der Waals surface area contributed by atoms with Crippen molar-refractivity contribution in [2.45, 2.75) is 31.6 Å². The van der Waals surface area contributed by atoms with Crippen LogP contribution in [0.3, 0.4) is 0 Å². The third kappa shape index (κ3) is 2.22. The van der Waals surface area contributed by atoms with E-state index in [4.69, 9.17) is 5.73 Å². The summed E-state index contributed by atoms with van der Waals surface area (Å²) in [6, 6.07) is 8.90. The third-order valence-electron chi connectivity index (χ3n) is 5.83. The maximum absolute atomic E-state index is 14.4. The third-order valence-corrected chi connectivity index (χ3v) is 5.83. The minimum absolute atomic E-state index is 0.00753. The monoisotopic (exact) mass is 380 g/mol. The number of anilines is 2. The second-order valence-electron chi connectivity index (χ2n) is 7.56. The van der Waals surface area contributed by atoms with E-state index in [1.165, 1.54) is 16.8 Å². The molecule has 1 aliphatic carbocycles. The fourth-order valence-corrected chi connectivity index (χ4v) is 4.25. The highest BCUT2D eigenvalue weighted by Crippen LogP contribution is 2.53. The number of hydrogen-bond acceptors (Lipinski definition) is 3. The molecule has 142 valence electrons. The Morgan fingerprint density at radius 2 is 1.96 bits per heavy atom. The molecule has 2 aromatic carbocycles. The number of hydrogen-bond donors (Lipinski definition) is 2. The van der Waals surface area contributed by atoms with Gasteiger partial charge in [-0.1, -0.05) is 6.42 Å². The van der Waals surface area contributed by atoms with Crippen molar-refractivity contribution >= 4 is 17.3 Å². The van der Waals surface area contributed by atoms with Crippen LogP contribution in [0.1, 0.15) is 30.5 Å². The summed E-state index contributed by atoms with van der Waals surface area (Å²) in [5.41, 5.74) is 9.97. The number of aryl methyl sites for hydroxylation is 1. The van der Waals surface area contributed by atoms with E-state index < -0.39 is 17.0 Å². The molecule has 28 heavy (non-hydrogen) atoms. The first-order chi connectivity index (χ1) is 13.4. The number of halogens is 2. The Labute approximate surface area is 160 Å². The summed E-state index contributed by atoms with van der Waals surface area (Å²) in [5.74, 6) is -1.36. The normalized spacial score (nSPS) is 16.8. The van der Waals surface area contributed by atoms with Gasteiger partial charge in [0.2, 0.25) is 5.91 Å². The van der Waals surface area contributed by atoms with Crippen LogP contribution in [0.15, 0.2) is 36.4 Å². The zero-order valence-corrected chi connectivity index (χ0v) is 15.2. The summed E-state index contributed by atoms with van der Waals surface area (Å²) in [7, 11) is 0. The van der Waals surface area contributed by atoms with Gasteiger partial charge in [0.05, 0.1) is 28.2 Å². The number of benzene rings is 2. The standard InChI is InChI=1S/C21H18F2N4O/c1-11-7-18(27(26-11)17-4-3-13(22)10-15(17)23)12-8-14-19(16(24)9-12)25-20(28)21(14)5-2-6-21/h3-4,7-10H,2,5-6,24H2,1H3,(H,25,28). The summed E-state index contributed by atoms with van der Waals surface area (Å²) in [6.07, 6.45) is 2.58. The highest BCUT2D eigenvalue weighted by atomic mass is 19.1. The Balaban J connectivity index is 1.70. The van der Waals surface area contributed by atoms with Crippen LogP contribution in [-0.2, 0) is 10.2 Å². The van der Waals surface area contributed by atoms with Gasteiger partial charge in [-0.3, -0.25) is 4.79 Å². The van der Waals surface area contributed by atoms with Crippen molar-refractivity contribution in [1.29, 1.82) is 0 Å². The molecule has 1 aliphatic heterocycles. The Kier molecular flexibility index (Phi) is 3.41. The van der Waals surface area contributed by atoms with Crippen LogP contribution in [0.25, 0.3) is 16.9 Å². The second-order valence-corrected chi connectivity index (χ2v) is 7.56. The van der Waals surface area contributed by atoms with Gasteiger partial charge in [0.25, 0.3) is 0 Å². The van der Waals surface area contributed by atoms with Gasteiger partial charge < -0.3 is 11.1 Å². The van der Waals surface area contributed by atoms with Gasteiger partial charge in [0.1, 0.15) is 11.5 Å². The molecule has 5 rings (SSSR count). The molecule has 0 bridgehead atoms. The molecule has 3 N–H and O–H groups in total. The maximum Gasteiger partial charge on any atom is 0.235 e. The summed E-state index contributed by atoms with van der Waals surface area (Å²) in [6.45, 7) is 1.80. The topological polar surface area (TPSA) is 72.9 Å². The maximum atomic E-state index is 14.4. The van der Waals surface area contributed by atoms with Crippen molar-refractivity contribution in [3.8, 4) is 16.9 Å². The van der Waals surface area contributed by atoms with Crippen LogP contribution in [0.4, 0.5) is 20.2 Å². The van der Waals surface area contributed by atoms with Crippen molar-refractivity contribution in [3.05, 3.63) is 59.3 Å². The number of nitrogens with two attached hydrogens (primary N) is 1. The van der Waals surface area contributed by atoms with Crippen LogP contribution in [0.5, 0.6) is 0 Å². The first-order valence-electron chi connectivity index (χ1n) is 9.17. The van der Waals surface area contributed by atoms with Gasteiger partial charge in [-0.15, -0.1) is 0 Å². The SMILES string of the molecule is Cc1cc(-c2cc(N)c3c(c2)C2(CCC2)C(=O)N3)n(-c2ccc(F)cc2F)n1. The molecule has 0 radical (unpaired) electrons. The minimum Gasteiger partial charge on any atom is -0.397 e. The van der Waals surface area contributed by atoms with E-state index >= 15 is 0 Å². The summed E-state index contributed by atoms with van der Waals surface area (Å²) in [4.78, 5) is 12.5. The number of fused-ring (bicyclic) bond motifs is 2. The molecule has 1 spiro atoms. The van der Waals surface area contributed by atoms with Gasteiger partial charge in [-0.25, -0.2) is 13.5 Å². The van der Waals surface area contributed by atoms with Crippen LogP contribution >= 0.6 is 0 Å². The van der Waals surface area contributed by atoms with Gasteiger partial charge >= 0.3 is 0 Å². The predicted molar refractivity (Wildman–Crippen MR) is 102 cm³/mol. The lowest BCUT2D eigenvalue weighted by Crippen LogP contribution is -2.40. The lowest BCUT2D eigenvalue weighted by molar-refractivity contribution is -0.123. The summed E-state index contributed by atoms with van der Waals surface area (Å²) in [5, 5.41) is 7.30. The zero-order valence-electron chi connectivity index (χ0n) is 15.2. The highest BCUT2D eigenvalue weighted by molar-refractivity contribution is 6.10. The van der Waals surface area contributed by atoms with E-state index in [0.717, 1.165) is 36.5 Å². The molecule has 1 aromatic heterocycles. The molecule has 1 saturated carbocycles. The Morgan fingerprint density at radius 1 is 1.18 bits per heavy atom. The lowest BCUT2D eigenvalue weighted by Gasteiger charge is -2.36. The fourth-order valence-electron chi connectivity index (χ4n) is 4.25. The second kappa shape index (κ2) is 5.64. The molecule has 1 fully saturated rings. The molecule has 1 amide bonds. The number of aromatic nitrogens is 2.